The molecule has 0 aliphatic carbocycles. The van der Waals surface area contributed by atoms with Crippen LogP contribution in [0.25, 0.3) is 0 Å². The molecule has 100 valence electrons. The Bertz CT molecular complexity index is 602. The van der Waals surface area contributed by atoms with Crippen LogP contribution in [0.4, 0.5) is 14.5 Å². The SMILES string of the molecule is CC(Nc1ccc(Cl)cc1Cl)c1ccc(F)cc1F. The summed E-state index contributed by atoms with van der Waals surface area (Å²) in [6, 6.07) is 8.13. The molecular formula is C14H11Cl2F2N. The lowest BCUT2D eigenvalue weighted by molar-refractivity contribution is 0.566. The van der Waals surface area contributed by atoms with E-state index in [-0.39, 0.29) is 6.04 Å². The zero-order chi connectivity index (χ0) is 14.0. The Morgan fingerprint density at radius 1 is 1.05 bits per heavy atom. The topological polar surface area (TPSA) is 12.0 Å². The summed E-state index contributed by atoms with van der Waals surface area (Å²) in [5.41, 5.74) is 1.01. The quantitative estimate of drug-likeness (QED) is 0.795. The third-order valence-electron chi connectivity index (χ3n) is 2.73. The minimum Gasteiger partial charge on any atom is -0.377 e. The largest absolute Gasteiger partial charge is 0.377 e. The molecule has 0 radical (unpaired) electrons. The minimum atomic E-state index is -0.599. The fourth-order valence-electron chi connectivity index (χ4n) is 1.77. The molecule has 0 saturated carbocycles. The van der Waals surface area contributed by atoms with Crippen LogP contribution in [0.5, 0.6) is 0 Å². The zero-order valence-electron chi connectivity index (χ0n) is 10.1. The fourth-order valence-corrected chi connectivity index (χ4v) is 2.23. The highest BCUT2D eigenvalue weighted by atomic mass is 35.5. The third kappa shape index (κ3) is 3.37. The van der Waals surface area contributed by atoms with Crippen molar-refractivity contribution in [2.24, 2.45) is 0 Å². The van der Waals surface area contributed by atoms with E-state index < -0.39 is 11.6 Å². The van der Waals surface area contributed by atoms with Gasteiger partial charge in [-0.25, -0.2) is 8.78 Å². The Balaban J connectivity index is 2.23. The van der Waals surface area contributed by atoms with Gasteiger partial charge in [-0.1, -0.05) is 29.3 Å². The van der Waals surface area contributed by atoms with Gasteiger partial charge in [-0.2, -0.15) is 0 Å². The molecule has 0 spiro atoms. The lowest BCUT2D eigenvalue weighted by Gasteiger charge is -2.17. The van der Waals surface area contributed by atoms with Crippen LogP contribution in [0.3, 0.4) is 0 Å². The first-order valence-corrected chi connectivity index (χ1v) is 6.39. The Kier molecular flexibility index (Phi) is 4.27. The molecule has 2 aromatic carbocycles. The van der Waals surface area contributed by atoms with Crippen molar-refractivity contribution in [3.8, 4) is 0 Å². The van der Waals surface area contributed by atoms with E-state index in [4.69, 9.17) is 23.2 Å². The summed E-state index contributed by atoms with van der Waals surface area (Å²) in [6.07, 6.45) is 0. The van der Waals surface area contributed by atoms with E-state index in [1.54, 1.807) is 25.1 Å². The van der Waals surface area contributed by atoms with Crippen molar-refractivity contribution < 1.29 is 8.78 Å². The first-order valence-electron chi connectivity index (χ1n) is 5.64. The second kappa shape index (κ2) is 5.76. The van der Waals surface area contributed by atoms with E-state index >= 15 is 0 Å². The molecule has 2 aromatic rings. The predicted molar refractivity (Wildman–Crippen MR) is 74.9 cm³/mol. The third-order valence-corrected chi connectivity index (χ3v) is 3.28. The molecule has 5 heteroatoms. The highest BCUT2D eigenvalue weighted by Gasteiger charge is 2.13. The van der Waals surface area contributed by atoms with Crippen LogP contribution in [0, 0.1) is 11.6 Å². The lowest BCUT2D eigenvalue weighted by atomic mass is 10.1. The number of rotatable bonds is 3. The van der Waals surface area contributed by atoms with Gasteiger partial charge in [0.05, 0.1) is 16.8 Å². The molecule has 1 nitrogen and oxygen atoms in total. The summed E-state index contributed by atoms with van der Waals surface area (Å²) in [5.74, 6) is -1.19. The monoisotopic (exact) mass is 301 g/mol. The van der Waals surface area contributed by atoms with E-state index in [9.17, 15) is 8.78 Å². The number of benzene rings is 2. The first-order chi connectivity index (χ1) is 8.97. The van der Waals surface area contributed by atoms with Gasteiger partial charge in [-0.15, -0.1) is 0 Å². The number of anilines is 1. The lowest BCUT2D eigenvalue weighted by Crippen LogP contribution is -2.09. The summed E-state index contributed by atoms with van der Waals surface area (Å²) in [6.45, 7) is 1.77. The second-order valence-corrected chi connectivity index (χ2v) is 5.00. The molecule has 0 amide bonds. The highest BCUT2D eigenvalue weighted by molar-refractivity contribution is 6.36. The van der Waals surface area contributed by atoms with Crippen molar-refractivity contribution in [1.82, 2.24) is 0 Å². The number of hydrogen-bond acceptors (Lipinski definition) is 1. The van der Waals surface area contributed by atoms with Crippen molar-refractivity contribution in [1.29, 1.82) is 0 Å². The number of halogens is 4. The molecule has 0 aliphatic heterocycles. The molecular weight excluding hydrogens is 291 g/mol. The van der Waals surface area contributed by atoms with Crippen LogP contribution >= 0.6 is 23.2 Å². The summed E-state index contributed by atoms with van der Waals surface area (Å²) in [4.78, 5) is 0. The van der Waals surface area contributed by atoms with Crippen molar-refractivity contribution in [3.63, 3.8) is 0 Å². The van der Waals surface area contributed by atoms with E-state index in [1.165, 1.54) is 12.1 Å². The van der Waals surface area contributed by atoms with Gasteiger partial charge in [0, 0.05) is 16.7 Å². The van der Waals surface area contributed by atoms with Crippen molar-refractivity contribution in [3.05, 3.63) is 63.6 Å². The smallest absolute Gasteiger partial charge is 0.131 e. The van der Waals surface area contributed by atoms with Gasteiger partial charge in [0.1, 0.15) is 11.6 Å². The number of nitrogens with one attached hydrogen (secondary N) is 1. The summed E-state index contributed by atoms with van der Waals surface area (Å²) >= 11 is 11.8. The maximum Gasteiger partial charge on any atom is 0.131 e. The van der Waals surface area contributed by atoms with Crippen LogP contribution in [0.1, 0.15) is 18.5 Å². The van der Waals surface area contributed by atoms with E-state index in [0.717, 1.165) is 6.07 Å². The summed E-state index contributed by atoms with van der Waals surface area (Å²) in [5, 5.41) is 4.03. The Hall–Kier alpha value is -1.32. The minimum absolute atomic E-state index is 0.348. The van der Waals surface area contributed by atoms with Gasteiger partial charge < -0.3 is 5.32 Å². The van der Waals surface area contributed by atoms with E-state index in [0.29, 0.717) is 21.3 Å². The Morgan fingerprint density at radius 3 is 2.42 bits per heavy atom. The van der Waals surface area contributed by atoms with E-state index in [1.807, 2.05) is 0 Å². The maximum atomic E-state index is 13.6. The molecule has 1 unspecified atom stereocenters. The van der Waals surface area contributed by atoms with Gasteiger partial charge in [0.2, 0.25) is 0 Å². The molecule has 0 aromatic heterocycles. The summed E-state index contributed by atoms with van der Waals surface area (Å²) in [7, 11) is 0. The van der Waals surface area contributed by atoms with Gasteiger partial charge in [0.15, 0.2) is 0 Å². The van der Waals surface area contributed by atoms with Gasteiger partial charge >= 0.3 is 0 Å². The van der Waals surface area contributed by atoms with Gasteiger partial charge in [-0.05, 0) is 31.2 Å². The number of hydrogen-bond donors (Lipinski definition) is 1. The van der Waals surface area contributed by atoms with Crippen molar-refractivity contribution in [2.75, 3.05) is 5.32 Å². The van der Waals surface area contributed by atoms with Crippen LogP contribution < -0.4 is 5.32 Å². The highest BCUT2D eigenvalue weighted by Crippen LogP contribution is 2.29. The molecule has 2 rings (SSSR count). The van der Waals surface area contributed by atoms with Gasteiger partial charge in [-0.3, -0.25) is 0 Å². The van der Waals surface area contributed by atoms with Crippen LogP contribution in [-0.4, -0.2) is 0 Å². The molecule has 0 saturated heterocycles. The second-order valence-electron chi connectivity index (χ2n) is 4.16. The summed E-state index contributed by atoms with van der Waals surface area (Å²) < 4.78 is 26.5. The van der Waals surface area contributed by atoms with E-state index in [2.05, 4.69) is 5.32 Å². The Labute approximate surface area is 120 Å². The molecule has 1 atom stereocenters. The van der Waals surface area contributed by atoms with Gasteiger partial charge in [0.25, 0.3) is 0 Å². The van der Waals surface area contributed by atoms with Crippen molar-refractivity contribution >= 4 is 28.9 Å². The normalized spacial score (nSPS) is 12.3. The molecule has 0 aliphatic rings. The standard InChI is InChI=1S/C14H11Cl2F2N/c1-8(11-4-3-10(17)7-13(11)18)19-14-5-2-9(15)6-12(14)16/h2-8,19H,1H3. The zero-order valence-corrected chi connectivity index (χ0v) is 11.6. The molecule has 0 fully saturated rings. The maximum absolute atomic E-state index is 13.6. The van der Waals surface area contributed by atoms with Crippen LogP contribution in [-0.2, 0) is 0 Å². The molecule has 1 N–H and O–H groups in total. The average Bonchev–Trinajstić information content (AvgIpc) is 2.32. The molecule has 0 heterocycles. The molecule has 0 bridgehead atoms. The first kappa shape index (κ1) is 14.1. The fraction of sp³-hybridized carbons (Fsp3) is 0.143. The Morgan fingerprint density at radius 2 is 1.79 bits per heavy atom. The molecule has 19 heavy (non-hydrogen) atoms. The van der Waals surface area contributed by atoms with Crippen LogP contribution in [0.15, 0.2) is 36.4 Å². The average molecular weight is 302 g/mol. The van der Waals surface area contributed by atoms with Crippen molar-refractivity contribution in [2.45, 2.75) is 13.0 Å². The predicted octanol–water partition coefficient (Wildman–Crippen LogP) is 5.44. The van der Waals surface area contributed by atoms with Crippen LogP contribution in [0.2, 0.25) is 10.0 Å².